The van der Waals surface area contributed by atoms with Crippen LogP contribution in [0.15, 0.2) is 35.2 Å². The number of aliphatic hydroxyl groups is 1. The van der Waals surface area contributed by atoms with Gasteiger partial charge in [-0.2, -0.15) is 0 Å². The maximum atomic E-state index is 11.8. The van der Waals surface area contributed by atoms with E-state index in [0.717, 1.165) is 25.0 Å². The molecule has 1 aromatic carbocycles. The quantitative estimate of drug-likeness (QED) is 0.815. The van der Waals surface area contributed by atoms with Crippen molar-refractivity contribution in [3.05, 3.63) is 30.3 Å². The van der Waals surface area contributed by atoms with Crippen molar-refractivity contribution in [2.45, 2.75) is 49.1 Å². The second-order valence-corrected chi connectivity index (χ2v) is 6.16. The summed E-state index contributed by atoms with van der Waals surface area (Å²) in [5.74, 6) is 0.896. The fourth-order valence-corrected chi connectivity index (χ4v) is 3.25. The summed E-state index contributed by atoms with van der Waals surface area (Å²) in [7, 11) is 0. The topological polar surface area (TPSA) is 49.3 Å². The van der Waals surface area contributed by atoms with E-state index < -0.39 is 0 Å². The van der Waals surface area contributed by atoms with Crippen molar-refractivity contribution >= 4 is 17.7 Å². The van der Waals surface area contributed by atoms with E-state index in [0.29, 0.717) is 12.8 Å². The summed E-state index contributed by atoms with van der Waals surface area (Å²) in [6.45, 7) is 0. The van der Waals surface area contributed by atoms with Crippen LogP contribution in [0.2, 0.25) is 0 Å². The summed E-state index contributed by atoms with van der Waals surface area (Å²) in [4.78, 5) is 13.0. The maximum absolute atomic E-state index is 11.8. The van der Waals surface area contributed by atoms with Crippen LogP contribution in [0.25, 0.3) is 0 Å². The fraction of sp³-hybridized carbons (Fsp3) is 0.533. The number of aliphatic hydroxyl groups excluding tert-OH is 1. The second kappa shape index (κ2) is 7.56. The third-order valence-corrected chi connectivity index (χ3v) is 4.37. The SMILES string of the molecule is O=C(CCSc1ccccc1)NC1CCCC(O)C1. The number of nitrogens with one attached hydrogen (secondary N) is 1. The Morgan fingerprint density at radius 1 is 1.32 bits per heavy atom. The molecule has 3 nitrogen and oxygen atoms in total. The van der Waals surface area contributed by atoms with Crippen LogP contribution in [0.5, 0.6) is 0 Å². The Hall–Kier alpha value is -1.00. The van der Waals surface area contributed by atoms with E-state index in [1.807, 2.05) is 18.2 Å². The Labute approximate surface area is 118 Å². The Morgan fingerprint density at radius 3 is 2.84 bits per heavy atom. The van der Waals surface area contributed by atoms with Gasteiger partial charge in [-0.05, 0) is 37.8 Å². The van der Waals surface area contributed by atoms with Crippen molar-refractivity contribution in [1.29, 1.82) is 0 Å². The van der Waals surface area contributed by atoms with E-state index in [9.17, 15) is 9.90 Å². The molecule has 1 saturated carbocycles. The van der Waals surface area contributed by atoms with E-state index in [4.69, 9.17) is 0 Å². The number of rotatable bonds is 5. The van der Waals surface area contributed by atoms with Gasteiger partial charge in [-0.15, -0.1) is 11.8 Å². The summed E-state index contributed by atoms with van der Waals surface area (Å²) >= 11 is 1.70. The highest BCUT2D eigenvalue weighted by molar-refractivity contribution is 7.99. The highest BCUT2D eigenvalue weighted by Crippen LogP contribution is 2.20. The molecule has 2 unspecified atom stereocenters. The third-order valence-electron chi connectivity index (χ3n) is 3.35. The molecule has 0 spiro atoms. The van der Waals surface area contributed by atoms with Gasteiger partial charge in [0.15, 0.2) is 0 Å². The van der Waals surface area contributed by atoms with Crippen LogP contribution in [-0.2, 0) is 4.79 Å². The smallest absolute Gasteiger partial charge is 0.221 e. The van der Waals surface area contributed by atoms with Gasteiger partial charge < -0.3 is 10.4 Å². The first kappa shape index (κ1) is 14.4. The third kappa shape index (κ3) is 5.25. The molecule has 19 heavy (non-hydrogen) atoms. The molecule has 0 bridgehead atoms. The molecule has 4 heteroatoms. The van der Waals surface area contributed by atoms with Crippen molar-refractivity contribution in [2.24, 2.45) is 0 Å². The average Bonchev–Trinajstić information content (AvgIpc) is 2.40. The van der Waals surface area contributed by atoms with Gasteiger partial charge in [0.05, 0.1) is 6.10 Å². The van der Waals surface area contributed by atoms with Gasteiger partial charge in [0.1, 0.15) is 0 Å². The van der Waals surface area contributed by atoms with Crippen LogP contribution >= 0.6 is 11.8 Å². The van der Waals surface area contributed by atoms with Gasteiger partial charge in [0, 0.05) is 23.1 Å². The van der Waals surface area contributed by atoms with E-state index in [1.54, 1.807) is 11.8 Å². The molecular formula is C15H21NO2S. The molecular weight excluding hydrogens is 258 g/mol. The van der Waals surface area contributed by atoms with Crippen molar-refractivity contribution in [3.63, 3.8) is 0 Å². The fourth-order valence-electron chi connectivity index (χ4n) is 2.37. The molecule has 2 N–H and O–H groups in total. The van der Waals surface area contributed by atoms with Crippen molar-refractivity contribution in [3.8, 4) is 0 Å². The average molecular weight is 279 g/mol. The lowest BCUT2D eigenvalue weighted by molar-refractivity contribution is -0.121. The summed E-state index contributed by atoms with van der Waals surface area (Å²) < 4.78 is 0. The first-order chi connectivity index (χ1) is 9.24. The molecule has 1 fully saturated rings. The van der Waals surface area contributed by atoms with Crippen LogP contribution in [0, 0.1) is 0 Å². The van der Waals surface area contributed by atoms with Crippen molar-refractivity contribution in [2.75, 3.05) is 5.75 Å². The molecule has 2 atom stereocenters. The van der Waals surface area contributed by atoms with Crippen molar-refractivity contribution < 1.29 is 9.90 Å². The van der Waals surface area contributed by atoms with Gasteiger partial charge in [0.2, 0.25) is 5.91 Å². The number of thioether (sulfide) groups is 1. The number of hydrogen-bond donors (Lipinski definition) is 2. The Bertz CT molecular complexity index is 396. The summed E-state index contributed by atoms with van der Waals surface area (Å²) in [5, 5.41) is 12.6. The molecule has 0 radical (unpaired) electrons. The zero-order valence-electron chi connectivity index (χ0n) is 11.0. The molecule has 1 aromatic rings. The number of amides is 1. The number of hydrogen-bond acceptors (Lipinski definition) is 3. The van der Waals surface area contributed by atoms with Crippen molar-refractivity contribution in [1.82, 2.24) is 5.32 Å². The first-order valence-corrected chi connectivity index (χ1v) is 7.88. The zero-order valence-corrected chi connectivity index (χ0v) is 11.9. The van der Waals surface area contributed by atoms with E-state index >= 15 is 0 Å². The minimum atomic E-state index is -0.238. The Kier molecular flexibility index (Phi) is 5.73. The highest BCUT2D eigenvalue weighted by Gasteiger charge is 2.21. The molecule has 0 heterocycles. The summed E-state index contributed by atoms with van der Waals surface area (Å²) in [6, 6.07) is 10.3. The second-order valence-electron chi connectivity index (χ2n) is 5.00. The summed E-state index contributed by atoms with van der Waals surface area (Å²) in [5.41, 5.74) is 0. The number of carbonyl (C=O) groups is 1. The van der Waals surface area contributed by atoms with Crippen LogP contribution in [-0.4, -0.2) is 28.9 Å². The maximum Gasteiger partial charge on any atom is 0.221 e. The van der Waals surface area contributed by atoms with E-state index in [-0.39, 0.29) is 18.1 Å². The first-order valence-electron chi connectivity index (χ1n) is 6.89. The lowest BCUT2D eigenvalue weighted by Gasteiger charge is -2.26. The van der Waals surface area contributed by atoms with Crippen LogP contribution < -0.4 is 5.32 Å². The molecule has 104 valence electrons. The van der Waals surface area contributed by atoms with Gasteiger partial charge in [-0.1, -0.05) is 18.2 Å². The predicted octanol–water partition coefficient (Wildman–Crippen LogP) is 2.59. The summed E-state index contributed by atoms with van der Waals surface area (Å²) in [6.07, 6.45) is 3.87. The molecule has 0 saturated heterocycles. The minimum absolute atomic E-state index is 0.0996. The number of carbonyl (C=O) groups excluding carboxylic acids is 1. The molecule has 1 aliphatic carbocycles. The monoisotopic (exact) mass is 279 g/mol. The molecule has 1 amide bonds. The van der Waals surface area contributed by atoms with E-state index in [1.165, 1.54) is 4.90 Å². The van der Waals surface area contributed by atoms with Crippen LogP contribution in [0.4, 0.5) is 0 Å². The molecule has 0 aromatic heterocycles. The van der Waals surface area contributed by atoms with Crippen LogP contribution in [0.3, 0.4) is 0 Å². The lowest BCUT2D eigenvalue weighted by Crippen LogP contribution is -2.39. The molecule has 1 aliphatic rings. The zero-order chi connectivity index (χ0) is 13.5. The molecule has 2 rings (SSSR count). The number of benzene rings is 1. The van der Waals surface area contributed by atoms with Gasteiger partial charge in [-0.3, -0.25) is 4.79 Å². The standard InChI is InChI=1S/C15H21NO2S/c17-13-6-4-5-12(11-13)16-15(18)9-10-19-14-7-2-1-3-8-14/h1-3,7-8,12-13,17H,4-6,9-11H2,(H,16,18). The Balaban J connectivity index is 1.64. The van der Waals surface area contributed by atoms with Crippen LogP contribution in [0.1, 0.15) is 32.1 Å². The minimum Gasteiger partial charge on any atom is -0.393 e. The molecule has 0 aliphatic heterocycles. The highest BCUT2D eigenvalue weighted by atomic mass is 32.2. The van der Waals surface area contributed by atoms with Gasteiger partial charge in [0.25, 0.3) is 0 Å². The van der Waals surface area contributed by atoms with E-state index in [2.05, 4.69) is 17.4 Å². The lowest BCUT2D eigenvalue weighted by atomic mass is 9.93. The normalized spacial score (nSPS) is 23.0. The van der Waals surface area contributed by atoms with Gasteiger partial charge in [-0.25, -0.2) is 0 Å². The predicted molar refractivity (Wildman–Crippen MR) is 78.2 cm³/mol. The largest absolute Gasteiger partial charge is 0.393 e. The Morgan fingerprint density at radius 2 is 2.11 bits per heavy atom. The van der Waals surface area contributed by atoms with Gasteiger partial charge >= 0.3 is 0 Å².